The molecule has 0 radical (unpaired) electrons. The predicted molar refractivity (Wildman–Crippen MR) is 127 cm³/mol. The molecule has 0 unspecified atom stereocenters. The summed E-state index contributed by atoms with van der Waals surface area (Å²) in [4.78, 5) is 37.7. The minimum absolute atomic E-state index is 0.00742. The molecule has 0 bridgehead atoms. The number of ether oxygens (including phenoxy) is 2. The van der Waals surface area contributed by atoms with E-state index < -0.39 is 23.7 Å². The topological polar surface area (TPSA) is 118 Å². The van der Waals surface area contributed by atoms with Crippen molar-refractivity contribution < 1.29 is 23.9 Å². The Morgan fingerprint density at radius 1 is 1.15 bits per heavy atom. The second kappa shape index (κ2) is 11.9. The van der Waals surface area contributed by atoms with Crippen molar-refractivity contribution in [2.24, 2.45) is 5.92 Å². The maximum atomic E-state index is 12.9. The maximum Gasteiger partial charge on any atom is 0.319 e. The number of nitrogens with one attached hydrogen (secondary N) is 2. The lowest BCUT2D eigenvalue weighted by molar-refractivity contribution is -0.150. The number of carbonyl (C=O) groups is 3. The molecule has 0 fully saturated rings. The first kappa shape index (κ1) is 24.9. The Bertz CT molecular complexity index is 1110. The SMILES string of the molecule is CCOc1ccc([C@H]2C(C#N)=C(SCC(=O)NCc3ccccc3)NC(=O)[C@@H]2C(=O)OC)cc1. The van der Waals surface area contributed by atoms with Gasteiger partial charge in [0.05, 0.1) is 36.1 Å². The maximum absolute atomic E-state index is 12.9. The lowest BCUT2D eigenvalue weighted by atomic mass is 9.78. The van der Waals surface area contributed by atoms with Gasteiger partial charge in [-0.1, -0.05) is 54.2 Å². The van der Waals surface area contributed by atoms with Gasteiger partial charge < -0.3 is 20.1 Å². The molecule has 34 heavy (non-hydrogen) atoms. The molecular formula is C25H25N3O5S. The number of thioether (sulfide) groups is 1. The van der Waals surface area contributed by atoms with Gasteiger partial charge in [0.25, 0.3) is 0 Å². The predicted octanol–water partition coefficient (Wildman–Crippen LogP) is 2.87. The van der Waals surface area contributed by atoms with Gasteiger partial charge in [0.15, 0.2) is 0 Å². The molecule has 0 saturated carbocycles. The molecule has 1 aliphatic heterocycles. The van der Waals surface area contributed by atoms with Crippen molar-refractivity contribution in [2.45, 2.75) is 19.4 Å². The minimum atomic E-state index is -1.23. The summed E-state index contributed by atoms with van der Waals surface area (Å²) >= 11 is 1.04. The summed E-state index contributed by atoms with van der Waals surface area (Å²) < 4.78 is 10.3. The molecule has 9 heteroatoms. The zero-order chi connectivity index (χ0) is 24.5. The molecule has 0 spiro atoms. The van der Waals surface area contributed by atoms with Crippen LogP contribution in [0.25, 0.3) is 0 Å². The highest BCUT2D eigenvalue weighted by Crippen LogP contribution is 2.40. The number of esters is 1. The Balaban J connectivity index is 1.83. The molecule has 0 saturated heterocycles. The van der Waals surface area contributed by atoms with Crippen molar-refractivity contribution in [3.8, 4) is 11.8 Å². The number of hydrogen-bond acceptors (Lipinski definition) is 7. The standard InChI is InChI=1S/C25H25N3O5S/c1-3-33-18-11-9-17(10-12-18)21-19(13-26)24(28-23(30)22(21)25(31)32-2)34-15-20(29)27-14-16-7-5-4-6-8-16/h4-12,21-22H,3,14-15H2,1-2H3,(H,27,29)(H,28,30)/t21-,22+/m0/s1. The van der Waals surface area contributed by atoms with Gasteiger partial charge in [-0.15, -0.1) is 0 Å². The summed E-state index contributed by atoms with van der Waals surface area (Å²) in [5.41, 5.74) is 1.75. The van der Waals surface area contributed by atoms with Gasteiger partial charge in [-0.3, -0.25) is 14.4 Å². The van der Waals surface area contributed by atoms with E-state index in [9.17, 15) is 19.6 Å². The van der Waals surface area contributed by atoms with E-state index in [2.05, 4.69) is 16.7 Å². The summed E-state index contributed by atoms with van der Waals surface area (Å²) in [5.74, 6) is -3.03. The normalized spacial score (nSPS) is 17.4. The van der Waals surface area contributed by atoms with Crippen molar-refractivity contribution in [2.75, 3.05) is 19.5 Å². The van der Waals surface area contributed by atoms with Gasteiger partial charge in [-0.2, -0.15) is 5.26 Å². The second-order valence-electron chi connectivity index (χ2n) is 7.38. The number of hydrogen-bond donors (Lipinski definition) is 2. The Morgan fingerprint density at radius 2 is 1.85 bits per heavy atom. The average molecular weight is 480 g/mol. The third kappa shape index (κ3) is 5.97. The van der Waals surface area contributed by atoms with Gasteiger partial charge in [0.1, 0.15) is 11.7 Å². The number of nitrogens with zero attached hydrogens (tertiary/aromatic N) is 1. The third-order valence-electron chi connectivity index (χ3n) is 5.21. The van der Waals surface area contributed by atoms with Crippen LogP contribution in [0.2, 0.25) is 0 Å². The molecule has 0 aliphatic carbocycles. The van der Waals surface area contributed by atoms with E-state index in [0.29, 0.717) is 24.5 Å². The Morgan fingerprint density at radius 3 is 2.47 bits per heavy atom. The highest BCUT2D eigenvalue weighted by atomic mass is 32.2. The first-order chi connectivity index (χ1) is 16.5. The Kier molecular flexibility index (Phi) is 8.71. The molecule has 3 rings (SSSR count). The van der Waals surface area contributed by atoms with Crippen molar-refractivity contribution in [3.63, 3.8) is 0 Å². The molecule has 2 aromatic carbocycles. The van der Waals surface area contributed by atoms with Crippen LogP contribution in [0.5, 0.6) is 5.75 Å². The molecule has 2 N–H and O–H groups in total. The summed E-state index contributed by atoms with van der Waals surface area (Å²) in [6, 6.07) is 18.5. The average Bonchev–Trinajstić information content (AvgIpc) is 2.86. The fourth-order valence-electron chi connectivity index (χ4n) is 3.60. The van der Waals surface area contributed by atoms with Crippen LogP contribution < -0.4 is 15.4 Å². The number of nitriles is 1. The fourth-order valence-corrected chi connectivity index (χ4v) is 4.48. The van der Waals surface area contributed by atoms with Gasteiger partial charge in [-0.05, 0) is 30.2 Å². The quantitative estimate of drug-likeness (QED) is 0.419. The van der Waals surface area contributed by atoms with Crippen LogP contribution in [0.1, 0.15) is 24.0 Å². The van der Waals surface area contributed by atoms with Crippen LogP contribution in [0.3, 0.4) is 0 Å². The molecular weight excluding hydrogens is 454 g/mol. The number of carbonyl (C=O) groups excluding carboxylic acids is 3. The zero-order valence-electron chi connectivity index (χ0n) is 18.9. The Labute approximate surface area is 202 Å². The number of allylic oxidation sites excluding steroid dienone is 1. The number of rotatable bonds is 9. The molecule has 8 nitrogen and oxygen atoms in total. The summed E-state index contributed by atoms with van der Waals surface area (Å²) in [6.07, 6.45) is 0. The largest absolute Gasteiger partial charge is 0.494 e. The van der Waals surface area contributed by atoms with Crippen molar-refractivity contribution >= 4 is 29.5 Å². The van der Waals surface area contributed by atoms with Gasteiger partial charge in [0, 0.05) is 12.5 Å². The minimum Gasteiger partial charge on any atom is -0.494 e. The molecule has 2 aromatic rings. The van der Waals surface area contributed by atoms with Gasteiger partial charge >= 0.3 is 5.97 Å². The van der Waals surface area contributed by atoms with Crippen LogP contribution in [-0.4, -0.2) is 37.3 Å². The Hall–Kier alpha value is -3.77. The summed E-state index contributed by atoms with van der Waals surface area (Å²) in [6.45, 7) is 2.73. The third-order valence-corrected chi connectivity index (χ3v) is 6.23. The zero-order valence-corrected chi connectivity index (χ0v) is 19.7. The van der Waals surface area contributed by atoms with E-state index in [1.807, 2.05) is 37.3 Å². The molecule has 2 atom stereocenters. The first-order valence-electron chi connectivity index (χ1n) is 10.7. The molecule has 1 heterocycles. The van der Waals surface area contributed by atoms with Crippen LogP contribution in [0, 0.1) is 17.2 Å². The van der Waals surface area contributed by atoms with Crippen LogP contribution in [0.4, 0.5) is 0 Å². The van der Waals surface area contributed by atoms with E-state index in [1.54, 1.807) is 24.3 Å². The highest BCUT2D eigenvalue weighted by molar-refractivity contribution is 8.03. The van der Waals surface area contributed by atoms with Crippen LogP contribution in [-0.2, 0) is 25.7 Å². The van der Waals surface area contributed by atoms with Gasteiger partial charge in [-0.25, -0.2) is 0 Å². The van der Waals surface area contributed by atoms with Crippen molar-refractivity contribution in [3.05, 3.63) is 76.3 Å². The second-order valence-corrected chi connectivity index (χ2v) is 8.36. The van der Waals surface area contributed by atoms with E-state index in [1.165, 1.54) is 7.11 Å². The van der Waals surface area contributed by atoms with E-state index in [0.717, 1.165) is 17.3 Å². The fraction of sp³-hybridized carbons (Fsp3) is 0.280. The molecule has 2 amide bonds. The highest BCUT2D eigenvalue weighted by Gasteiger charge is 2.44. The lowest BCUT2D eigenvalue weighted by Crippen LogP contribution is -2.44. The van der Waals surface area contributed by atoms with Crippen LogP contribution >= 0.6 is 11.8 Å². The summed E-state index contributed by atoms with van der Waals surface area (Å²) in [7, 11) is 1.20. The van der Waals surface area contributed by atoms with Gasteiger partial charge in [0.2, 0.25) is 11.8 Å². The smallest absolute Gasteiger partial charge is 0.319 e. The lowest BCUT2D eigenvalue weighted by Gasteiger charge is -2.31. The van der Waals surface area contributed by atoms with E-state index in [-0.39, 0.29) is 22.3 Å². The van der Waals surface area contributed by atoms with E-state index in [4.69, 9.17) is 9.47 Å². The van der Waals surface area contributed by atoms with E-state index >= 15 is 0 Å². The van der Waals surface area contributed by atoms with Crippen molar-refractivity contribution in [1.29, 1.82) is 5.26 Å². The molecule has 1 aliphatic rings. The number of amides is 2. The molecule has 0 aromatic heterocycles. The first-order valence-corrected chi connectivity index (χ1v) is 11.7. The molecule has 176 valence electrons. The number of methoxy groups -OCH3 is 1. The summed E-state index contributed by atoms with van der Waals surface area (Å²) in [5, 5.41) is 15.6. The van der Waals surface area contributed by atoms with Crippen LogP contribution in [0.15, 0.2) is 65.2 Å². The van der Waals surface area contributed by atoms with Crippen molar-refractivity contribution in [1.82, 2.24) is 10.6 Å². The number of benzene rings is 2. The monoisotopic (exact) mass is 479 g/mol.